The zero-order valence-electron chi connectivity index (χ0n) is 12.0. The highest BCUT2D eigenvalue weighted by Gasteiger charge is 2.36. The Morgan fingerprint density at radius 3 is 2.65 bits per heavy atom. The minimum Gasteiger partial charge on any atom is -0.445 e. The maximum absolute atomic E-state index is 12.4. The van der Waals surface area contributed by atoms with Crippen LogP contribution in [-0.2, 0) is 11.3 Å². The van der Waals surface area contributed by atoms with Crippen LogP contribution in [0.3, 0.4) is 0 Å². The van der Waals surface area contributed by atoms with Crippen LogP contribution >= 0.6 is 0 Å². The summed E-state index contributed by atoms with van der Waals surface area (Å²) in [6.45, 7) is 5.67. The third-order valence-electron chi connectivity index (χ3n) is 4.36. The Kier molecular flexibility index (Phi) is 3.92. The second-order valence-electron chi connectivity index (χ2n) is 5.83. The van der Waals surface area contributed by atoms with Gasteiger partial charge in [0.1, 0.15) is 6.61 Å². The highest BCUT2D eigenvalue weighted by molar-refractivity contribution is 5.68. The lowest BCUT2D eigenvalue weighted by Gasteiger charge is -2.32. The quantitative estimate of drug-likeness (QED) is 0.830. The predicted molar refractivity (Wildman–Crippen MR) is 77.4 cm³/mol. The average Bonchev–Trinajstić information content (AvgIpc) is 2.73. The number of rotatable bonds is 2. The number of ether oxygens (including phenoxy) is 1. The lowest BCUT2D eigenvalue weighted by Crippen LogP contribution is -2.46. The third kappa shape index (κ3) is 2.80. The van der Waals surface area contributed by atoms with Crippen LogP contribution in [0.2, 0.25) is 0 Å². The first-order valence-corrected chi connectivity index (χ1v) is 7.45. The molecule has 3 aliphatic rings. The molecule has 0 spiro atoms. The largest absolute Gasteiger partial charge is 0.445 e. The molecule has 3 fully saturated rings. The molecule has 1 aromatic rings. The Morgan fingerprint density at radius 2 is 1.95 bits per heavy atom. The maximum Gasteiger partial charge on any atom is 0.410 e. The standard InChI is InChI=1S/C16H22N2O2/c1-13-11-17-9-7-15(8-10-17)18(13)16(19)20-12-14-5-3-2-4-6-14/h2-6,13,15H,7-12H2,1H3. The maximum atomic E-state index is 12.4. The average molecular weight is 274 g/mol. The van der Waals surface area contributed by atoms with Crippen molar-refractivity contribution >= 4 is 6.09 Å². The Labute approximate surface area is 120 Å². The molecule has 4 heteroatoms. The summed E-state index contributed by atoms with van der Waals surface area (Å²) < 4.78 is 5.51. The number of hydrogen-bond acceptors (Lipinski definition) is 3. The number of carbonyl (C=O) groups is 1. The number of hydrogen-bond donors (Lipinski definition) is 0. The summed E-state index contributed by atoms with van der Waals surface area (Å²) >= 11 is 0. The Bertz CT molecular complexity index is 455. The first-order valence-electron chi connectivity index (χ1n) is 7.45. The molecule has 0 radical (unpaired) electrons. The highest BCUT2D eigenvalue weighted by Crippen LogP contribution is 2.25. The van der Waals surface area contributed by atoms with Gasteiger partial charge in [0.25, 0.3) is 0 Å². The van der Waals surface area contributed by atoms with Crippen LogP contribution in [0.1, 0.15) is 25.3 Å². The molecule has 0 N–H and O–H groups in total. The van der Waals surface area contributed by atoms with Crippen molar-refractivity contribution < 1.29 is 9.53 Å². The van der Waals surface area contributed by atoms with Crippen molar-refractivity contribution in [2.75, 3.05) is 19.6 Å². The molecule has 4 nitrogen and oxygen atoms in total. The summed E-state index contributed by atoms with van der Waals surface area (Å²) in [5.41, 5.74) is 1.04. The molecular weight excluding hydrogens is 252 g/mol. The molecule has 0 aliphatic carbocycles. The van der Waals surface area contributed by atoms with E-state index in [0.29, 0.717) is 12.6 Å². The van der Waals surface area contributed by atoms with Crippen molar-refractivity contribution in [2.45, 2.75) is 38.5 Å². The molecule has 0 aromatic heterocycles. The summed E-state index contributed by atoms with van der Waals surface area (Å²) in [6.07, 6.45) is 1.99. The SMILES string of the molecule is CC1CN2CCC(CC2)N1C(=O)OCc1ccccc1. The van der Waals surface area contributed by atoms with Crippen molar-refractivity contribution in [3.05, 3.63) is 35.9 Å². The molecule has 2 bridgehead atoms. The lowest BCUT2D eigenvalue weighted by molar-refractivity contribution is 0.0679. The van der Waals surface area contributed by atoms with Gasteiger partial charge in [-0.3, -0.25) is 0 Å². The fraction of sp³-hybridized carbons (Fsp3) is 0.562. The molecule has 1 atom stereocenters. The van der Waals surface area contributed by atoms with E-state index < -0.39 is 0 Å². The van der Waals surface area contributed by atoms with E-state index in [4.69, 9.17) is 4.74 Å². The van der Waals surface area contributed by atoms with Gasteiger partial charge in [-0.2, -0.15) is 0 Å². The minimum absolute atomic E-state index is 0.157. The van der Waals surface area contributed by atoms with Gasteiger partial charge in [-0.15, -0.1) is 0 Å². The molecule has 20 heavy (non-hydrogen) atoms. The summed E-state index contributed by atoms with van der Waals surface area (Å²) in [7, 11) is 0. The predicted octanol–water partition coefficient (Wildman–Crippen LogP) is 2.49. The van der Waals surface area contributed by atoms with Crippen LogP contribution in [0, 0.1) is 0 Å². The van der Waals surface area contributed by atoms with Gasteiger partial charge in [0.15, 0.2) is 0 Å². The van der Waals surface area contributed by atoms with E-state index >= 15 is 0 Å². The number of fused-ring (bicyclic) bond motifs is 4. The van der Waals surface area contributed by atoms with Crippen molar-refractivity contribution in [1.29, 1.82) is 0 Å². The molecule has 1 aromatic carbocycles. The van der Waals surface area contributed by atoms with Crippen molar-refractivity contribution in [1.82, 2.24) is 9.80 Å². The molecule has 3 saturated heterocycles. The van der Waals surface area contributed by atoms with Gasteiger partial charge in [0, 0.05) is 31.7 Å². The van der Waals surface area contributed by atoms with E-state index in [1.54, 1.807) is 0 Å². The third-order valence-corrected chi connectivity index (χ3v) is 4.36. The van der Waals surface area contributed by atoms with Crippen LogP contribution in [0.15, 0.2) is 30.3 Å². The molecule has 3 heterocycles. The van der Waals surface area contributed by atoms with E-state index in [2.05, 4.69) is 11.8 Å². The van der Waals surface area contributed by atoms with Crippen molar-refractivity contribution in [2.24, 2.45) is 0 Å². The Balaban J connectivity index is 1.63. The van der Waals surface area contributed by atoms with Crippen molar-refractivity contribution in [3.63, 3.8) is 0 Å². The molecule has 1 unspecified atom stereocenters. The van der Waals surface area contributed by atoms with Gasteiger partial charge >= 0.3 is 6.09 Å². The van der Waals surface area contributed by atoms with E-state index in [1.165, 1.54) is 0 Å². The van der Waals surface area contributed by atoms with Crippen LogP contribution < -0.4 is 0 Å². The summed E-state index contributed by atoms with van der Waals surface area (Å²) in [4.78, 5) is 16.8. The van der Waals surface area contributed by atoms with E-state index in [9.17, 15) is 4.79 Å². The smallest absolute Gasteiger partial charge is 0.410 e. The monoisotopic (exact) mass is 274 g/mol. The Morgan fingerprint density at radius 1 is 1.25 bits per heavy atom. The van der Waals surface area contributed by atoms with Crippen LogP contribution in [0.4, 0.5) is 4.79 Å². The van der Waals surface area contributed by atoms with E-state index in [0.717, 1.165) is 38.0 Å². The summed E-state index contributed by atoms with van der Waals surface area (Å²) in [5.74, 6) is 0. The van der Waals surface area contributed by atoms with Gasteiger partial charge in [0.2, 0.25) is 0 Å². The van der Waals surface area contributed by atoms with Gasteiger partial charge in [-0.1, -0.05) is 30.3 Å². The van der Waals surface area contributed by atoms with Crippen LogP contribution in [-0.4, -0.2) is 47.6 Å². The topological polar surface area (TPSA) is 32.8 Å². The number of carbonyl (C=O) groups excluding carboxylic acids is 1. The summed E-state index contributed by atoms with van der Waals surface area (Å²) in [5, 5.41) is 0. The van der Waals surface area contributed by atoms with Crippen LogP contribution in [0.5, 0.6) is 0 Å². The first kappa shape index (κ1) is 13.4. The highest BCUT2D eigenvalue weighted by atomic mass is 16.6. The second-order valence-corrected chi connectivity index (χ2v) is 5.83. The number of nitrogens with zero attached hydrogens (tertiary/aromatic N) is 2. The van der Waals surface area contributed by atoms with Gasteiger partial charge in [-0.25, -0.2) is 4.79 Å². The molecule has 108 valence electrons. The Hall–Kier alpha value is -1.55. The lowest BCUT2D eigenvalue weighted by atomic mass is 10.1. The number of benzene rings is 1. The van der Waals surface area contributed by atoms with E-state index in [1.807, 2.05) is 35.2 Å². The van der Waals surface area contributed by atoms with Crippen LogP contribution in [0.25, 0.3) is 0 Å². The molecule has 4 rings (SSSR count). The normalized spacial score (nSPS) is 29.1. The number of amides is 1. The minimum atomic E-state index is -0.157. The fourth-order valence-corrected chi connectivity index (χ4v) is 3.32. The fourth-order valence-electron chi connectivity index (χ4n) is 3.32. The van der Waals surface area contributed by atoms with Gasteiger partial charge < -0.3 is 14.5 Å². The first-order chi connectivity index (χ1) is 9.74. The zero-order valence-corrected chi connectivity index (χ0v) is 12.0. The van der Waals surface area contributed by atoms with E-state index in [-0.39, 0.29) is 12.1 Å². The molecule has 3 aliphatic heterocycles. The summed E-state index contributed by atoms with van der Waals surface area (Å²) in [6, 6.07) is 10.5. The second kappa shape index (κ2) is 5.83. The number of piperidine rings is 1. The van der Waals surface area contributed by atoms with Gasteiger partial charge in [0.05, 0.1) is 0 Å². The molecular formula is C16H22N2O2. The van der Waals surface area contributed by atoms with Gasteiger partial charge in [-0.05, 0) is 25.3 Å². The molecule has 1 amide bonds. The zero-order chi connectivity index (χ0) is 13.9. The molecule has 0 saturated carbocycles. The van der Waals surface area contributed by atoms with Crippen molar-refractivity contribution in [3.8, 4) is 0 Å².